The number of hydrogen-bond acceptors (Lipinski definition) is 7. The van der Waals surface area contributed by atoms with Crippen LogP contribution in [0.1, 0.15) is 32.2 Å². The molecular weight excluding hydrogens is 478 g/mol. The van der Waals surface area contributed by atoms with E-state index in [-0.39, 0.29) is 24.3 Å². The number of benzene rings is 2. The standard InChI is InChI=1S/C26H21N5O4S/c1-16-13-19(30-35-16)15-36-25-20(5-4-12-27-25)24(33)28-18-10-8-17(9-11-18)26(34)31-14-23(32)29-21-6-2-3-7-22(21)31/h2-13H,14-15H2,1H3,(H,28,33)(H,29,32). The lowest BCUT2D eigenvalue weighted by atomic mass is 10.1. The fraction of sp³-hybridized carbons (Fsp3) is 0.115. The Balaban J connectivity index is 1.28. The van der Waals surface area contributed by atoms with Crippen molar-refractivity contribution in [1.82, 2.24) is 10.1 Å². The predicted octanol–water partition coefficient (Wildman–Crippen LogP) is 4.52. The summed E-state index contributed by atoms with van der Waals surface area (Å²) in [6, 6.07) is 19.0. The van der Waals surface area contributed by atoms with E-state index in [0.717, 1.165) is 11.5 Å². The van der Waals surface area contributed by atoms with Gasteiger partial charge in [0.05, 0.1) is 22.6 Å². The zero-order chi connectivity index (χ0) is 25.1. The molecule has 2 aromatic carbocycles. The number of para-hydroxylation sites is 2. The van der Waals surface area contributed by atoms with E-state index in [9.17, 15) is 14.4 Å². The van der Waals surface area contributed by atoms with Crippen molar-refractivity contribution in [1.29, 1.82) is 0 Å². The fourth-order valence-corrected chi connectivity index (χ4v) is 4.64. The van der Waals surface area contributed by atoms with Crippen LogP contribution in [0.25, 0.3) is 0 Å². The number of aryl methyl sites for hydroxylation is 1. The largest absolute Gasteiger partial charge is 0.361 e. The van der Waals surface area contributed by atoms with Crippen molar-refractivity contribution in [2.45, 2.75) is 17.7 Å². The van der Waals surface area contributed by atoms with E-state index in [4.69, 9.17) is 4.52 Å². The van der Waals surface area contributed by atoms with Crippen LogP contribution < -0.4 is 15.5 Å². The molecular formula is C26H21N5O4S. The van der Waals surface area contributed by atoms with Crippen molar-refractivity contribution in [2.24, 2.45) is 0 Å². The van der Waals surface area contributed by atoms with Crippen LogP contribution in [0.3, 0.4) is 0 Å². The minimum absolute atomic E-state index is 0.0658. The van der Waals surface area contributed by atoms with E-state index in [1.807, 2.05) is 19.1 Å². The van der Waals surface area contributed by atoms with E-state index < -0.39 is 0 Å². The molecule has 2 N–H and O–H groups in total. The first-order chi connectivity index (χ1) is 17.5. The number of nitrogens with zero attached hydrogens (tertiary/aromatic N) is 3. The molecule has 1 aliphatic heterocycles. The minimum atomic E-state index is -0.317. The normalized spacial score (nSPS) is 12.6. The molecule has 0 unspecified atom stereocenters. The molecule has 0 aliphatic carbocycles. The highest BCUT2D eigenvalue weighted by Crippen LogP contribution is 2.30. The van der Waals surface area contributed by atoms with E-state index in [1.165, 1.54) is 16.7 Å². The molecule has 0 saturated carbocycles. The molecule has 10 heteroatoms. The van der Waals surface area contributed by atoms with Gasteiger partial charge in [-0.05, 0) is 55.5 Å². The first-order valence-electron chi connectivity index (χ1n) is 11.1. The number of nitrogens with one attached hydrogen (secondary N) is 2. The maximum Gasteiger partial charge on any atom is 0.258 e. The highest BCUT2D eigenvalue weighted by Gasteiger charge is 2.27. The average Bonchev–Trinajstić information content (AvgIpc) is 3.32. The summed E-state index contributed by atoms with van der Waals surface area (Å²) in [6.07, 6.45) is 1.63. The third kappa shape index (κ3) is 4.98. The second-order valence-electron chi connectivity index (χ2n) is 8.06. The Bertz CT molecular complexity index is 1450. The second kappa shape index (κ2) is 10.0. The monoisotopic (exact) mass is 499 g/mol. The van der Waals surface area contributed by atoms with Crippen LogP contribution in [-0.2, 0) is 10.5 Å². The fourth-order valence-electron chi connectivity index (χ4n) is 3.77. The molecule has 2 aromatic heterocycles. The molecule has 36 heavy (non-hydrogen) atoms. The van der Waals surface area contributed by atoms with Crippen LogP contribution >= 0.6 is 11.8 Å². The van der Waals surface area contributed by atoms with Crippen LogP contribution in [0, 0.1) is 6.92 Å². The topological polar surface area (TPSA) is 117 Å². The Labute approximate surface area is 210 Å². The number of fused-ring (bicyclic) bond motifs is 1. The number of anilines is 3. The summed E-state index contributed by atoms with van der Waals surface area (Å²) in [5, 5.41) is 10.2. The summed E-state index contributed by atoms with van der Waals surface area (Å²) in [5.74, 6) is 0.365. The molecule has 180 valence electrons. The lowest BCUT2D eigenvalue weighted by Crippen LogP contribution is -2.42. The minimum Gasteiger partial charge on any atom is -0.361 e. The number of aromatic nitrogens is 2. The van der Waals surface area contributed by atoms with Crippen molar-refractivity contribution in [2.75, 3.05) is 22.1 Å². The third-order valence-electron chi connectivity index (χ3n) is 5.45. The Morgan fingerprint density at radius 1 is 1.11 bits per heavy atom. The van der Waals surface area contributed by atoms with Gasteiger partial charge in [-0.25, -0.2) is 4.98 Å². The quantitative estimate of drug-likeness (QED) is 0.375. The van der Waals surface area contributed by atoms with E-state index in [2.05, 4.69) is 20.8 Å². The number of hydrogen-bond donors (Lipinski definition) is 2. The molecule has 0 fully saturated rings. The molecule has 0 bridgehead atoms. The Morgan fingerprint density at radius 3 is 2.69 bits per heavy atom. The molecule has 4 aromatic rings. The van der Waals surface area contributed by atoms with Crippen molar-refractivity contribution in [3.8, 4) is 0 Å². The van der Waals surface area contributed by atoms with Gasteiger partial charge in [0, 0.05) is 29.3 Å². The van der Waals surface area contributed by atoms with Gasteiger partial charge in [0.2, 0.25) is 5.91 Å². The molecule has 5 rings (SSSR count). The van der Waals surface area contributed by atoms with Gasteiger partial charge >= 0.3 is 0 Å². The van der Waals surface area contributed by atoms with Crippen LogP contribution in [-0.4, -0.2) is 34.4 Å². The van der Waals surface area contributed by atoms with Crippen molar-refractivity contribution in [3.05, 3.63) is 95.5 Å². The number of carbonyl (C=O) groups is 3. The van der Waals surface area contributed by atoms with Gasteiger partial charge in [0.15, 0.2) is 0 Å². The summed E-state index contributed by atoms with van der Waals surface area (Å²) >= 11 is 1.39. The predicted molar refractivity (Wildman–Crippen MR) is 136 cm³/mol. The lowest BCUT2D eigenvalue weighted by molar-refractivity contribution is -0.115. The SMILES string of the molecule is Cc1cc(CSc2ncccc2C(=O)Nc2ccc(C(=O)N3CC(=O)Nc4ccccc43)cc2)no1. The molecule has 3 heterocycles. The van der Waals surface area contributed by atoms with Crippen molar-refractivity contribution < 1.29 is 18.9 Å². The summed E-state index contributed by atoms with van der Waals surface area (Å²) in [4.78, 5) is 44.0. The number of rotatable bonds is 6. The molecule has 0 saturated heterocycles. The van der Waals surface area contributed by atoms with Crippen LogP contribution in [0.5, 0.6) is 0 Å². The number of pyridine rings is 1. The first-order valence-corrected chi connectivity index (χ1v) is 12.1. The van der Waals surface area contributed by atoms with Gasteiger partial charge < -0.3 is 15.2 Å². The molecule has 9 nitrogen and oxygen atoms in total. The lowest BCUT2D eigenvalue weighted by Gasteiger charge is -2.29. The van der Waals surface area contributed by atoms with Crippen LogP contribution in [0.2, 0.25) is 0 Å². The highest BCUT2D eigenvalue weighted by atomic mass is 32.2. The van der Waals surface area contributed by atoms with Gasteiger partial charge in [-0.1, -0.05) is 29.1 Å². The second-order valence-corrected chi connectivity index (χ2v) is 9.03. The first kappa shape index (κ1) is 23.3. The molecule has 0 radical (unpaired) electrons. The Kier molecular flexibility index (Phi) is 6.50. The number of thioether (sulfide) groups is 1. The Hall–Kier alpha value is -4.44. The maximum atomic E-state index is 13.1. The number of amides is 3. The molecule has 1 aliphatic rings. The van der Waals surface area contributed by atoms with Crippen molar-refractivity contribution in [3.63, 3.8) is 0 Å². The van der Waals surface area contributed by atoms with Crippen LogP contribution in [0.4, 0.5) is 17.1 Å². The summed E-state index contributed by atoms with van der Waals surface area (Å²) < 4.78 is 5.09. The molecule has 0 atom stereocenters. The van der Waals surface area contributed by atoms with Gasteiger partial charge in [-0.2, -0.15) is 0 Å². The zero-order valence-electron chi connectivity index (χ0n) is 19.2. The van der Waals surface area contributed by atoms with Crippen LogP contribution in [0.15, 0.2) is 82.5 Å². The maximum absolute atomic E-state index is 13.1. The van der Waals surface area contributed by atoms with E-state index in [1.54, 1.807) is 60.8 Å². The van der Waals surface area contributed by atoms with E-state index in [0.29, 0.717) is 39.0 Å². The molecule has 3 amide bonds. The van der Waals surface area contributed by atoms with Gasteiger partial charge in [0.1, 0.15) is 17.3 Å². The van der Waals surface area contributed by atoms with E-state index >= 15 is 0 Å². The number of carbonyl (C=O) groups excluding carboxylic acids is 3. The Morgan fingerprint density at radius 2 is 1.92 bits per heavy atom. The third-order valence-corrected chi connectivity index (χ3v) is 6.49. The van der Waals surface area contributed by atoms with Gasteiger partial charge in [-0.3, -0.25) is 19.3 Å². The summed E-state index contributed by atoms with van der Waals surface area (Å²) in [6.45, 7) is 1.76. The average molecular weight is 500 g/mol. The summed E-state index contributed by atoms with van der Waals surface area (Å²) in [7, 11) is 0. The summed E-state index contributed by atoms with van der Waals surface area (Å²) in [5.41, 5.74) is 3.36. The van der Waals surface area contributed by atoms with Gasteiger partial charge in [0.25, 0.3) is 11.8 Å². The smallest absolute Gasteiger partial charge is 0.258 e. The molecule has 0 spiro atoms. The zero-order valence-corrected chi connectivity index (χ0v) is 20.0. The highest BCUT2D eigenvalue weighted by molar-refractivity contribution is 7.98. The van der Waals surface area contributed by atoms with Crippen molar-refractivity contribution >= 4 is 46.5 Å². The van der Waals surface area contributed by atoms with Gasteiger partial charge in [-0.15, -0.1) is 0 Å².